The Balaban J connectivity index is 1.41. The summed E-state index contributed by atoms with van der Waals surface area (Å²) in [5.41, 5.74) is 2.53. The van der Waals surface area contributed by atoms with Crippen LogP contribution in [0.5, 0.6) is 0 Å². The Morgan fingerprint density at radius 3 is 2.74 bits per heavy atom. The summed E-state index contributed by atoms with van der Waals surface area (Å²) in [6, 6.07) is 8.70. The number of rotatable bonds is 3. The number of piperazine rings is 1. The van der Waals surface area contributed by atoms with Crippen molar-refractivity contribution in [3.8, 4) is 0 Å². The van der Waals surface area contributed by atoms with E-state index < -0.39 is 23.7 Å². The highest BCUT2D eigenvalue weighted by molar-refractivity contribution is 6.07. The maximum absolute atomic E-state index is 14.3. The molecule has 0 unspecified atom stereocenters. The number of nitrogens with one attached hydrogen (secondary N) is 2. The summed E-state index contributed by atoms with van der Waals surface area (Å²) < 4.78 is 20.0. The van der Waals surface area contributed by atoms with E-state index in [0.717, 1.165) is 23.1 Å². The van der Waals surface area contributed by atoms with Crippen LogP contribution >= 0.6 is 0 Å². The van der Waals surface area contributed by atoms with Gasteiger partial charge in [-0.15, -0.1) is 0 Å². The van der Waals surface area contributed by atoms with E-state index in [1.54, 1.807) is 13.0 Å². The van der Waals surface area contributed by atoms with E-state index in [4.69, 9.17) is 4.42 Å². The highest BCUT2D eigenvalue weighted by Gasteiger charge is 2.46. The second-order valence-corrected chi connectivity index (χ2v) is 8.15. The molecule has 158 valence electrons. The van der Waals surface area contributed by atoms with Gasteiger partial charge in [-0.3, -0.25) is 14.4 Å². The number of aryl methyl sites for hydroxylation is 2. The van der Waals surface area contributed by atoms with Crippen molar-refractivity contribution >= 4 is 34.4 Å². The molecule has 0 radical (unpaired) electrons. The fourth-order valence-electron chi connectivity index (χ4n) is 4.40. The molecule has 5 rings (SSSR count). The minimum atomic E-state index is -0.660. The minimum Gasteiger partial charge on any atom is -0.451 e. The monoisotopic (exact) mass is 421 g/mol. The number of fused-ring (bicyclic) bond motifs is 3. The Hall–Kier alpha value is -3.68. The molecule has 3 amide bonds. The van der Waals surface area contributed by atoms with Gasteiger partial charge in [0.1, 0.15) is 17.4 Å². The van der Waals surface area contributed by atoms with E-state index >= 15 is 0 Å². The van der Waals surface area contributed by atoms with E-state index in [9.17, 15) is 18.8 Å². The van der Waals surface area contributed by atoms with E-state index in [2.05, 4.69) is 10.6 Å². The third-order valence-corrected chi connectivity index (χ3v) is 5.91. The number of amides is 3. The Kier molecular flexibility index (Phi) is 4.32. The molecule has 2 aliphatic heterocycles. The number of hydrogen-bond acceptors (Lipinski definition) is 4. The second-order valence-electron chi connectivity index (χ2n) is 8.15. The quantitative estimate of drug-likeness (QED) is 0.680. The summed E-state index contributed by atoms with van der Waals surface area (Å²) in [5, 5.41) is 6.26. The summed E-state index contributed by atoms with van der Waals surface area (Å²) in [6.07, 6.45) is 0.564. The molecule has 7 nitrogen and oxygen atoms in total. The van der Waals surface area contributed by atoms with Crippen molar-refractivity contribution < 1.29 is 23.2 Å². The van der Waals surface area contributed by atoms with Gasteiger partial charge in [0.05, 0.1) is 0 Å². The van der Waals surface area contributed by atoms with Crippen LogP contribution in [-0.2, 0) is 4.79 Å². The standard InChI is InChI=1S/C23H20FN3O4/c1-11-3-4-19-17(5-11)12(2)20(31-19)22(29)25-15-7-13(6-14(24)8-15)23(30)27-10-16-9-18(27)21(28)26-16/h3-8,16,18H,9-10H2,1-2H3,(H,25,29)(H,26,28)/t16-,18-/m0/s1. The van der Waals surface area contributed by atoms with E-state index in [0.29, 0.717) is 24.1 Å². The summed E-state index contributed by atoms with van der Waals surface area (Å²) in [5.74, 6) is -1.69. The number of nitrogens with zero attached hydrogens (tertiary/aromatic N) is 1. The largest absolute Gasteiger partial charge is 0.451 e. The van der Waals surface area contributed by atoms with Gasteiger partial charge in [0.2, 0.25) is 5.91 Å². The molecule has 2 aliphatic rings. The van der Waals surface area contributed by atoms with Crippen molar-refractivity contribution in [2.24, 2.45) is 0 Å². The normalized spacial score (nSPS) is 19.7. The molecule has 0 spiro atoms. The van der Waals surface area contributed by atoms with Crippen LogP contribution in [0.1, 0.15) is 38.5 Å². The number of benzene rings is 2. The first-order valence-electron chi connectivity index (χ1n) is 10.0. The fourth-order valence-corrected chi connectivity index (χ4v) is 4.40. The third kappa shape index (κ3) is 3.24. The maximum Gasteiger partial charge on any atom is 0.291 e. The number of likely N-dealkylation sites (tertiary alicyclic amines) is 1. The van der Waals surface area contributed by atoms with E-state index in [1.165, 1.54) is 11.0 Å². The molecule has 0 saturated carbocycles. The van der Waals surface area contributed by atoms with Gasteiger partial charge in [-0.25, -0.2) is 4.39 Å². The topological polar surface area (TPSA) is 91.7 Å². The predicted molar refractivity (Wildman–Crippen MR) is 111 cm³/mol. The van der Waals surface area contributed by atoms with Crippen molar-refractivity contribution in [1.29, 1.82) is 0 Å². The van der Waals surface area contributed by atoms with Gasteiger partial charge >= 0.3 is 0 Å². The molecule has 2 bridgehead atoms. The van der Waals surface area contributed by atoms with Crippen molar-refractivity contribution in [1.82, 2.24) is 10.2 Å². The molecule has 8 heteroatoms. The molecule has 2 fully saturated rings. The zero-order chi connectivity index (χ0) is 21.9. The zero-order valence-electron chi connectivity index (χ0n) is 17.0. The number of halogens is 1. The summed E-state index contributed by atoms with van der Waals surface area (Å²) >= 11 is 0. The van der Waals surface area contributed by atoms with E-state index in [1.807, 2.05) is 19.1 Å². The molecule has 0 aliphatic carbocycles. The van der Waals surface area contributed by atoms with Gasteiger partial charge in [-0.1, -0.05) is 11.6 Å². The number of furan rings is 1. The number of hydrogen-bond donors (Lipinski definition) is 2. The summed E-state index contributed by atoms with van der Waals surface area (Å²) in [7, 11) is 0. The van der Waals surface area contributed by atoms with Gasteiger partial charge in [-0.2, -0.15) is 0 Å². The lowest BCUT2D eigenvalue weighted by Crippen LogP contribution is -2.50. The van der Waals surface area contributed by atoms with Crippen LogP contribution in [0.3, 0.4) is 0 Å². The minimum absolute atomic E-state index is 0.0612. The van der Waals surface area contributed by atoms with Crippen LogP contribution in [0.2, 0.25) is 0 Å². The second kappa shape index (κ2) is 6.94. The highest BCUT2D eigenvalue weighted by Crippen LogP contribution is 2.29. The summed E-state index contributed by atoms with van der Waals surface area (Å²) in [4.78, 5) is 39.1. The van der Waals surface area contributed by atoms with Crippen LogP contribution in [0, 0.1) is 19.7 Å². The highest BCUT2D eigenvalue weighted by atomic mass is 19.1. The molecule has 2 aromatic carbocycles. The van der Waals surface area contributed by atoms with Gasteiger partial charge in [0, 0.05) is 34.8 Å². The van der Waals surface area contributed by atoms with Gasteiger partial charge < -0.3 is 20.0 Å². The lowest BCUT2D eigenvalue weighted by Gasteiger charge is -2.26. The van der Waals surface area contributed by atoms with Gasteiger partial charge in [0.25, 0.3) is 11.8 Å². The Labute approximate surface area is 177 Å². The Morgan fingerprint density at radius 2 is 2.00 bits per heavy atom. The Bertz CT molecular complexity index is 1270. The summed E-state index contributed by atoms with van der Waals surface area (Å²) in [6.45, 7) is 4.13. The van der Waals surface area contributed by atoms with Gasteiger partial charge in [0.15, 0.2) is 5.76 Å². The SMILES string of the molecule is Cc1ccc2oc(C(=O)Nc3cc(F)cc(C(=O)N4C[C@@H]5C[C@H]4C(=O)N5)c3)c(C)c2c1. The van der Waals surface area contributed by atoms with Crippen molar-refractivity contribution in [2.75, 3.05) is 11.9 Å². The first-order valence-corrected chi connectivity index (χ1v) is 10.0. The maximum atomic E-state index is 14.3. The average Bonchev–Trinajstić information content (AvgIpc) is 3.39. The molecular weight excluding hydrogens is 401 g/mol. The van der Waals surface area contributed by atoms with E-state index in [-0.39, 0.29) is 29.0 Å². The van der Waals surface area contributed by atoms with Gasteiger partial charge in [-0.05, 0) is 50.6 Å². The molecule has 31 heavy (non-hydrogen) atoms. The molecule has 2 saturated heterocycles. The molecule has 3 heterocycles. The lowest BCUT2D eigenvalue weighted by molar-refractivity contribution is -0.124. The number of anilines is 1. The van der Waals surface area contributed by atoms with Crippen molar-refractivity contribution in [3.63, 3.8) is 0 Å². The first kappa shape index (κ1) is 19.3. The van der Waals surface area contributed by atoms with Crippen molar-refractivity contribution in [2.45, 2.75) is 32.4 Å². The molecule has 2 atom stereocenters. The smallest absolute Gasteiger partial charge is 0.291 e. The van der Waals surface area contributed by atoms with Crippen LogP contribution < -0.4 is 10.6 Å². The molecular formula is C23H20FN3O4. The first-order chi connectivity index (χ1) is 14.8. The number of carbonyl (C=O) groups excluding carboxylic acids is 3. The number of carbonyl (C=O) groups is 3. The molecule has 2 N–H and O–H groups in total. The van der Waals surface area contributed by atoms with Crippen LogP contribution in [0.25, 0.3) is 11.0 Å². The van der Waals surface area contributed by atoms with Crippen LogP contribution in [0.4, 0.5) is 10.1 Å². The molecule has 1 aromatic heterocycles. The zero-order valence-corrected chi connectivity index (χ0v) is 17.0. The van der Waals surface area contributed by atoms with Crippen LogP contribution in [-0.4, -0.2) is 41.2 Å². The van der Waals surface area contributed by atoms with Crippen molar-refractivity contribution in [3.05, 3.63) is 64.7 Å². The fraction of sp³-hybridized carbons (Fsp3) is 0.261. The predicted octanol–water partition coefficient (Wildman–Crippen LogP) is 3.15. The van der Waals surface area contributed by atoms with Crippen LogP contribution in [0.15, 0.2) is 40.8 Å². The average molecular weight is 421 g/mol. The molecule has 3 aromatic rings. The Morgan fingerprint density at radius 1 is 1.19 bits per heavy atom. The third-order valence-electron chi connectivity index (χ3n) is 5.91. The lowest BCUT2D eigenvalue weighted by atomic mass is 10.1.